The van der Waals surface area contributed by atoms with Gasteiger partial charge in [0.1, 0.15) is 17.2 Å². The van der Waals surface area contributed by atoms with Crippen LogP contribution in [0.5, 0.6) is 11.5 Å². The summed E-state index contributed by atoms with van der Waals surface area (Å²) in [6.07, 6.45) is 0.805. The van der Waals surface area contributed by atoms with Gasteiger partial charge in [-0.15, -0.1) is 0 Å². The van der Waals surface area contributed by atoms with E-state index in [2.05, 4.69) is 4.99 Å². The van der Waals surface area contributed by atoms with Crippen LogP contribution in [-0.4, -0.2) is 47.4 Å². The molecule has 1 amide bonds. The molecule has 1 fully saturated rings. The van der Waals surface area contributed by atoms with Crippen LogP contribution in [0.25, 0.3) is 0 Å². The largest absolute Gasteiger partial charge is 0.497 e. The van der Waals surface area contributed by atoms with Crippen molar-refractivity contribution in [1.29, 1.82) is 0 Å². The lowest BCUT2D eigenvalue weighted by Crippen LogP contribution is -2.39. The monoisotopic (exact) mass is 401 g/mol. The molecule has 0 N–H and O–H groups in total. The zero-order chi connectivity index (χ0) is 20.1. The molecule has 8 nitrogen and oxygen atoms in total. The lowest BCUT2D eigenvalue weighted by atomic mass is 10.1. The third-order valence-electron chi connectivity index (χ3n) is 4.14. The van der Waals surface area contributed by atoms with Gasteiger partial charge >= 0.3 is 0 Å². The Balaban J connectivity index is 1.97. The van der Waals surface area contributed by atoms with Crippen LogP contribution in [0, 0.1) is 10.1 Å². The van der Waals surface area contributed by atoms with Gasteiger partial charge in [0, 0.05) is 36.1 Å². The molecule has 28 heavy (non-hydrogen) atoms. The molecule has 0 aromatic heterocycles. The number of thioether (sulfide) groups is 1. The summed E-state index contributed by atoms with van der Waals surface area (Å²) in [4.78, 5) is 29.7. The molecule has 1 heterocycles. The summed E-state index contributed by atoms with van der Waals surface area (Å²) in [6.45, 7) is 0.486. The van der Waals surface area contributed by atoms with Gasteiger partial charge in [0.15, 0.2) is 5.17 Å². The van der Waals surface area contributed by atoms with Gasteiger partial charge in [0.05, 0.1) is 19.1 Å². The highest BCUT2D eigenvalue weighted by Gasteiger charge is 2.26. The van der Waals surface area contributed by atoms with Gasteiger partial charge in [-0.1, -0.05) is 17.8 Å². The quantitative estimate of drug-likeness (QED) is 0.557. The molecule has 1 aliphatic heterocycles. The van der Waals surface area contributed by atoms with Crippen molar-refractivity contribution in [3.63, 3.8) is 0 Å². The maximum absolute atomic E-state index is 13.0. The molecule has 146 valence electrons. The predicted octanol–water partition coefficient (Wildman–Crippen LogP) is 3.88. The Kier molecular flexibility index (Phi) is 6.15. The first-order valence-electron chi connectivity index (χ1n) is 8.53. The first-order valence-corrected chi connectivity index (χ1v) is 9.52. The third-order valence-corrected chi connectivity index (χ3v) is 5.20. The number of nitro benzene ring substituents is 1. The second-order valence-corrected chi connectivity index (χ2v) is 6.96. The van der Waals surface area contributed by atoms with E-state index in [-0.39, 0.29) is 17.2 Å². The molecule has 9 heteroatoms. The van der Waals surface area contributed by atoms with E-state index < -0.39 is 4.92 Å². The zero-order valence-electron chi connectivity index (χ0n) is 15.5. The maximum Gasteiger partial charge on any atom is 0.270 e. The van der Waals surface area contributed by atoms with Crippen LogP contribution < -0.4 is 9.47 Å². The normalized spacial score (nSPS) is 15.4. The van der Waals surface area contributed by atoms with Crippen molar-refractivity contribution in [2.45, 2.75) is 6.42 Å². The highest BCUT2D eigenvalue weighted by atomic mass is 32.2. The van der Waals surface area contributed by atoms with E-state index in [4.69, 9.17) is 9.47 Å². The average Bonchev–Trinajstić information content (AvgIpc) is 2.73. The standard InChI is InChI=1S/C19H19N3O5S/c1-26-15-7-8-17(27-2)16(12-15)20-19-21(9-4-10-28-19)18(23)13-5-3-6-14(11-13)22(24)25/h3,5-8,11-12H,4,9-10H2,1-2H3. The summed E-state index contributed by atoms with van der Waals surface area (Å²) < 4.78 is 10.6. The molecule has 0 atom stereocenters. The number of carbonyl (C=O) groups excluding carboxylic acids is 1. The maximum atomic E-state index is 13.0. The smallest absolute Gasteiger partial charge is 0.270 e. The SMILES string of the molecule is COc1ccc(OC)c(N=C2SCCCN2C(=O)c2cccc([N+](=O)[O-])c2)c1. The molecule has 2 aromatic rings. The van der Waals surface area contributed by atoms with Crippen molar-refractivity contribution in [3.05, 3.63) is 58.1 Å². The van der Waals surface area contributed by atoms with Crippen LogP contribution in [0.15, 0.2) is 47.5 Å². The van der Waals surface area contributed by atoms with Crippen LogP contribution >= 0.6 is 11.8 Å². The van der Waals surface area contributed by atoms with Crippen LogP contribution in [-0.2, 0) is 0 Å². The van der Waals surface area contributed by atoms with E-state index in [1.807, 2.05) is 0 Å². The highest BCUT2D eigenvalue weighted by Crippen LogP contribution is 2.34. The fourth-order valence-electron chi connectivity index (χ4n) is 2.74. The molecule has 0 unspecified atom stereocenters. The molecular formula is C19H19N3O5S. The van der Waals surface area contributed by atoms with Crippen LogP contribution in [0.1, 0.15) is 16.8 Å². The number of hydrogen-bond donors (Lipinski definition) is 0. The zero-order valence-corrected chi connectivity index (χ0v) is 16.3. The van der Waals surface area contributed by atoms with E-state index >= 15 is 0 Å². The third kappa shape index (κ3) is 4.25. The highest BCUT2D eigenvalue weighted by molar-refractivity contribution is 8.13. The number of hydrogen-bond acceptors (Lipinski definition) is 7. The number of carbonyl (C=O) groups is 1. The van der Waals surface area contributed by atoms with Gasteiger partial charge in [-0.05, 0) is 24.6 Å². The summed E-state index contributed by atoms with van der Waals surface area (Å²) in [5, 5.41) is 11.5. The molecule has 0 saturated carbocycles. The van der Waals surface area contributed by atoms with Gasteiger partial charge < -0.3 is 9.47 Å². The van der Waals surface area contributed by atoms with Crippen LogP contribution in [0.3, 0.4) is 0 Å². The number of non-ortho nitro benzene ring substituents is 1. The van der Waals surface area contributed by atoms with Crippen molar-refractivity contribution in [1.82, 2.24) is 4.90 Å². The molecular weight excluding hydrogens is 382 g/mol. The fraction of sp³-hybridized carbons (Fsp3) is 0.263. The minimum Gasteiger partial charge on any atom is -0.497 e. The summed E-state index contributed by atoms with van der Waals surface area (Å²) in [7, 11) is 3.11. The molecule has 0 spiro atoms. The van der Waals surface area contributed by atoms with Gasteiger partial charge in [0.25, 0.3) is 11.6 Å². The van der Waals surface area contributed by atoms with Crippen molar-refractivity contribution < 1.29 is 19.2 Å². The molecule has 1 saturated heterocycles. The van der Waals surface area contributed by atoms with Crippen molar-refractivity contribution in [2.24, 2.45) is 4.99 Å². The van der Waals surface area contributed by atoms with Crippen LogP contribution in [0.4, 0.5) is 11.4 Å². The van der Waals surface area contributed by atoms with Crippen molar-refractivity contribution in [2.75, 3.05) is 26.5 Å². The second kappa shape index (κ2) is 8.75. The molecule has 0 radical (unpaired) electrons. The Hall–Kier alpha value is -3.07. The van der Waals surface area contributed by atoms with Crippen molar-refractivity contribution in [3.8, 4) is 11.5 Å². The predicted molar refractivity (Wildman–Crippen MR) is 108 cm³/mol. The van der Waals surface area contributed by atoms with E-state index in [1.54, 1.807) is 43.4 Å². The minimum atomic E-state index is -0.516. The van der Waals surface area contributed by atoms with Gasteiger partial charge in [-0.3, -0.25) is 19.8 Å². The van der Waals surface area contributed by atoms with E-state index in [9.17, 15) is 14.9 Å². The average molecular weight is 401 g/mol. The van der Waals surface area contributed by atoms with Gasteiger partial charge in [-0.2, -0.15) is 0 Å². The summed E-state index contributed by atoms with van der Waals surface area (Å²) >= 11 is 1.46. The summed E-state index contributed by atoms with van der Waals surface area (Å²) in [5.74, 6) is 1.68. The second-order valence-electron chi connectivity index (χ2n) is 5.90. The Morgan fingerprint density at radius 3 is 2.75 bits per heavy atom. The Morgan fingerprint density at radius 2 is 2.04 bits per heavy atom. The fourth-order valence-corrected chi connectivity index (χ4v) is 3.69. The van der Waals surface area contributed by atoms with E-state index in [0.29, 0.717) is 28.9 Å². The number of rotatable bonds is 5. The topological polar surface area (TPSA) is 94.3 Å². The number of amides is 1. The van der Waals surface area contributed by atoms with Gasteiger partial charge in [0.2, 0.25) is 0 Å². The lowest BCUT2D eigenvalue weighted by molar-refractivity contribution is -0.384. The molecule has 1 aliphatic rings. The number of benzene rings is 2. The Morgan fingerprint density at radius 1 is 1.21 bits per heavy atom. The summed E-state index contributed by atoms with van der Waals surface area (Å²) in [5.41, 5.74) is 0.675. The Bertz CT molecular complexity index is 932. The van der Waals surface area contributed by atoms with Crippen LogP contribution in [0.2, 0.25) is 0 Å². The first-order chi connectivity index (χ1) is 13.5. The number of nitro groups is 1. The van der Waals surface area contributed by atoms with Crippen molar-refractivity contribution >= 4 is 34.2 Å². The van der Waals surface area contributed by atoms with E-state index in [0.717, 1.165) is 12.2 Å². The number of ether oxygens (including phenoxy) is 2. The number of nitrogens with zero attached hydrogens (tertiary/aromatic N) is 3. The molecule has 0 bridgehead atoms. The van der Waals surface area contributed by atoms with Gasteiger partial charge in [-0.25, -0.2) is 4.99 Å². The molecule has 2 aromatic carbocycles. The number of aliphatic imine (C=N–C) groups is 1. The summed E-state index contributed by atoms with van der Waals surface area (Å²) in [6, 6.07) is 11.0. The molecule has 0 aliphatic carbocycles. The minimum absolute atomic E-state index is 0.122. The number of methoxy groups -OCH3 is 2. The van der Waals surface area contributed by atoms with E-state index in [1.165, 1.54) is 30.0 Å². The Labute approximate surface area is 166 Å². The molecule has 3 rings (SSSR count). The lowest BCUT2D eigenvalue weighted by Gasteiger charge is -2.28. The first kappa shape index (κ1) is 19.7. The number of amidine groups is 1.